The third kappa shape index (κ3) is 1.95. The molecule has 5 heteroatoms. The van der Waals surface area contributed by atoms with Gasteiger partial charge in [-0.2, -0.15) is 4.37 Å². The van der Waals surface area contributed by atoms with E-state index in [4.69, 9.17) is 11.1 Å². The topological polar surface area (TPSA) is 66.0 Å². The van der Waals surface area contributed by atoms with E-state index in [2.05, 4.69) is 27.5 Å². The summed E-state index contributed by atoms with van der Waals surface area (Å²) in [6.07, 6.45) is 1.95. The molecule has 0 aliphatic carbocycles. The molecule has 0 bridgehead atoms. The maximum Gasteiger partial charge on any atom is 0.119 e. The number of benzene rings is 1. The summed E-state index contributed by atoms with van der Waals surface area (Å²) in [4.78, 5) is 2.37. The van der Waals surface area contributed by atoms with Crippen molar-refractivity contribution in [2.24, 2.45) is 11.7 Å². The second kappa shape index (κ2) is 4.57. The van der Waals surface area contributed by atoms with Crippen molar-refractivity contribution in [2.75, 3.05) is 18.0 Å². The monoisotopic (exact) mass is 260 g/mol. The Morgan fingerprint density at radius 1 is 1.33 bits per heavy atom. The van der Waals surface area contributed by atoms with Crippen LogP contribution in [0, 0.1) is 11.3 Å². The number of nitrogens with one attached hydrogen (secondary N) is 1. The van der Waals surface area contributed by atoms with Crippen molar-refractivity contribution in [3.05, 3.63) is 24.3 Å². The third-order valence-corrected chi connectivity index (χ3v) is 4.53. The van der Waals surface area contributed by atoms with Crippen LogP contribution in [0.25, 0.3) is 10.9 Å². The lowest BCUT2D eigenvalue weighted by molar-refractivity contribution is 0.500. The van der Waals surface area contributed by atoms with Crippen molar-refractivity contribution in [3.8, 4) is 0 Å². The highest BCUT2D eigenvalue weighted by molar-refractivity contribution is 7.11. The molecule has 1 aromatic carbocycles. The molecule has 0 radical (unpaired) electrons. The normalized spacial score (nSPS) is 17.2. The summed E-state index contributed by atoms with van der Waals surface area (Å²) >= 11 is 1.57. The van der Waals surface area contributed by atoms with Crippen LogP contribution < -0.4 is 10.6 Å². The van der Waals surface area contributed by atoms with E-state index in [1.807, 2.05) is 6.07 Å². The zero-order valence-electron chi connectivity index (χ0n) is 10.1. The van der Waals surface area contributed by atoms with Gasteiger partial charge in [-0.15, -0.1) is 0 Å². The largest absolute Gasteiger partial charge is 0.387 e. The molecular weight excluding hydrogens is 244 g/mol. The molecule has 1 saturated heterocycles. The Morgan fingerprint density at radius 2 is 2.06 bits per heavy atom. The number of nitrogens with two attached hydrogens (primary N) is 1. The first-order valence-corrected chi connectivity index (χ1v) is 6.96. The minimum absolute atomic E-state index is 0.264. The molecule has 1 aromatic heterocycles. The number of aromatic nitrogens is 1. The van der Waals surface area contributed by atoms with Gasteiger partial charge in [-0.1, -0.05) is 12.1 Å². The fourth-order valence-corrected chi connectivity index (χ4v) is 3.41. The number of fused-ring (bicyclic) bond motifs is 1. The summed E-state index contributed by atoms with van der Waals surface area (Å²) < 4.78 is 4.48. The van der Waals surface area contributed by atoms with Gasteiger partial charge in [0.2, 0.25) is 0 Å². The second-order valence-corrected chi connectivity index (χ2v) is 5.47. The Morgan fingerprint density at radius 3 is 2.78 bits per heavy atom. The van der Waals surface area contributed by atoms with Crippen LogP contribution in [0.4, 0.5) is 5.00 Å². The molecule has 4 nitrogen and oxygen atoms in total. The maximum absolute atomic E-state index is 7.51. The molecule has 0 amide bonds. The number of hydrogen-bond donors (Lipinski definition) is 2. The van der Waals surface area contributed by atoms with Crippen molar-refractivity contribution < 1.29 is 0 Å². The van der Waals surface area contributed by atoms with E-state index >= 15 is 0 Å². The third-order valence-electron chi connectivity index (χ3n) is 3.59. The van der Waals surface area contributed by atoms with Gasteiger partial charge in [0.15, 0.2) is 0 Å². The summed E-state index contributed by atoms with van der Waals surface area (Å²) in [7, 11) is 0. The summed E-state index contributed by atoms with van der Waals surface area (Å²) in [5, 5.41) is 10.0. The van der Waals surface area contributed by atoms with Gasteiger partial charge < -0.3 is 10.6 Å². The average molecular weight is 260 g/mol. The van der Waals surface area contributed by atoms with Crippen LogP contribution >= 0.6 is 11.5 Å². The van der Waals surface area contributed by atoms with E-state index in [1.54, 1.807) is 11.5 Å². The first-order chi connectivity index (χ1) is 8.75. The molecule has 18 heavy (non-hydrogen) atoms. The van der Waals surface area contributed by atoms with E-state index in [0.717, 1.165) is 31.4 Å². The Hall–Kier alpha value is -1.62. The second-order valence-electron chi connectivity index (χ2n) is 4.72. The maximum atomic E-state index is 7.51. The van der Waals surface area contributed by atoms with E-state index in [9.17, 15) is 0 Å². The van der Waals surface area contributed by atoms with Gasteiger partial charge in [0, 0.05) is 24.4 Å². The van der Waals surface area contributed by atoms with Crippen molar-refractivity contribution in [2.45, 2.75) is 12.8 Å². The van der Waals surface area contributed by atoms with E-state index in [-0.39, 0.29) is 5.92 Å². The SMILES string of the molecule is N=C(N)C1CCN(c2snc3ccccc23)CC1. The number of nitrogens with zero attached hydrogens (tertiary/aromatic N) is 2. The summed E-state index contributed by atoms with van der Waals surface area (Å²) in [5.41, 5.74) is 6.65. The van der Waals surface area contributed by atoms with Crippen molar-refractivity contribution >= 4 is 33.3 Å². The van der Waals surface area contributed by atoms with E-state index < -0.39 is 0 Å². The van der Waals surface area contributed by atoms with E-state index in [1.165, 1.54) is 10.4 Å². The minimum atomic E-state index is 0.264. The van der Waals surface area contributed by atoms with Gasteiger partial charge in [0.1, 0.15) is 5.00 Å². The van der Waals surface area contributed by atoms with Crippen LogP contribution in [0.1, 0.15) is 12.8 Å². The first kappa shape index (κ1) is 11.5. The Kier molecular flexibility index (Phi) is 2.91. The summed E-state index contributed by atoms with van der Waals surface area (Å²) in [6.45, 7) is 1.94. The Labute approximate surface area is 110 Å². The van der Waals surface area contributed by atoms with Gasteiger partial charge in [0.05, 0.1) is 11.4 Å². The van der Waals surface area contributed by atoms with Gasteiger partial charge >= 0.3 is 0 Å². The van der Waals surface area contributed by atoms with Crippen LogP contribution in [0.5, 0.6) is 0 Å². The molecule has 0 saturated carbocycles. The lowest BCUT2D eigenvalue weighted by atomic mass is 9.96. The molecule has 0 atom stereocenters. The smallest absolute Gasteiger partial charge is 0.119 e. The first-order valence-electron chi connectivity index (χ1n) is 6.19. The zero-order valence-corrected chi connectivity index (χ0v) is 10.9. The molecule has 94 valence electrons. The molecular formula is C13H16N4S. The van der Waals surface area contributed by atoms with Crippen LogP contribution in [0.3, 0.4) is 0 Å². The van der Waals surface area contributed by atoms with Gasteiger partial charge in [0.25, 0.3) is 0 Å². The predicted molar refractivity (Wildman–Crippen MR) is 76.5 cm³/mol. The van der Waals surface area contributed by atoms with Crippen molar-refractivity contribution in [3.63, 3.8) is 0 Å². The quantitative estimate of drug-likeness (QED) is 0.644. The highest BCUT2D eigenvalue weighted by Gasteiger charge is 2.23. The lowest BCUT2D eigenvalue weighted by Gasteiger charge is -2.31. The zero-order chi connectivity index (χ0) is 12.5. The van der Waals surface area contributed by atoms with Crippen molar-refractivity contribution in [1.82, 2.24) is 4.37 Å². The van der Waals surface area contributed by atoms with Crippen LogP contribution in [0.15, 0.2) is 24.3 Å². The molecule has 0 spiro atoms. The van der Waals surface area contributed by atoms with Crippen LogP contribution in [-0.4, -0.2) is 23.3 Å². The lowest BCUT2D eigenvalue weighted by Crippen LogP contribution is -2.38. The standard InChI is InChI=1S/C13H16N4S/c14-12(15)9-5-7-17(8-6-9)13-10-3-1-2-4-11(10)16-18-13/h1-4,9H,5-8H2,(H3,14,15). The van der Waals surface area contributed by atoms with Gasteiger partial charge in [-0.3, -0.25) is 5.41 Å². The molecule has 2 aromatic rings. The Balaban J connectivity index is 1.82. The number of amidine groups is 1. The Bertz CT molecular complexity index is 569. The van der Waals surface area contributed by atoms with E-state index in [0.29, 0.717) is 5.84 Å². The average Bonchev–Trinajstić information content (AvgIpc) is 2.82. The molecule has 1 fully saturated rings. The summed E-state index contributed by atoms with van der Waals surface area (Å²) in [6, 6.07) is 8.26. The number of anilines is 1. The fourth-order valence-electron chi connectivity index (χ4n) is 2.50. The predicted octanol–water partition coefficient (Wildman–Crippen LogP) is 2.45. The number of rotatable bonds is 2. The minimum Gasteiger partial charge on any atom is -0.387 e. The van der Waals surface area contributed by atoms with Gasteiger partial charge in [-0.25, -0.2) is 0 Å². The molecule has 1 aliphatic heterocycles. The summed E-state index contributed by atoms with van der Waals surface area (Å²) in [5.74, 6) is 0.601. The van der Waals surface area contributed by atoms with Crippen LogP contribution in [-0.2, 0) is 0 Å². The highest BCUT2D eigenvalue weighted by Crippen LogP contribution is 2.33. The molecule has 3 N–H and O–H groups in total. The fraction of sp³-hybridized carbons (Fsp3) is 0.385. The molecule has 3 rings (SSSR count). The highest BCUT2D eigenvalue weighted by atomic mass is 32.1. The number of piperidine rings is 1. The van der Waals surface area contributed by atoms with Crippen molar-refractivity contribution in [1.29, 1.82) is 5.41 Å². The molecule has 2 heterocycles. The van der Waals surface area contributed by atoms with Crippen LogP contribution in [0.2, 0.25) is 0 Å². The number of hydrogen-bond acceptors (Lipinski definition) is 4. The molecule has 1 aliphatic rings. The van der Waals surface area contributed by atoms with Gasteiger partial charge in [-0.05, 0) is 36.5 Å². The molecule has 0 unspecified atom stereocenters.